The monoisotopic (exact) mass is 627 g/mol. The van der Waals surface area contributed by atoms with Crippen molar-refractivity contribution in [3.05, 3.63) is 126 Å². The van der Waals surface area contributed by atoms with Crippen molar-refractivity contribution in [1.29, 1.82) is 0 Å². The van der Waals surface area contributed by atoms with E-state index in [-0.39, 0.29) is 36.0 Å². The van der Waals surface area contributed by atoms with Gasteiger partial charge in [0, 0.05) is 31.4 Å². The summed E-state index contributed by atoms with van der Waals surface area (Å²) in [5.74, 6) is 0.231. The first-order valence-electron chi connectivity index (χ1n) is 15.0. The van der Waals surface area contributed by atoms with Gasteiger partial charge in [-0.2, -0.15) is 4.31 Å². The fraction of sp³-hybridized carbons (Fsp3) is 0.286. The van der Waals surface area contributed by atoms with E-state index in [4.69, 9.17) is 0 Å². The van der Waals surface area contributed by atoms with E-state index >= 15 is 0 Å². The summed E-state index contributed by atoms with van der Waals surface area (Å²) < 4.78 is 28.8. The van der Waals surface area contributed by atoms with Gasteiger partial charge in [0.15, 0.2) is 0 Å². The fourth-order valence-electron chi connectivity index (χ4n) is 6.12. The molecule has 44 heavy (non-hydrogen) atoms. The molecule has 6 rings (SSSR count). The number of sulfonamides is 1. The molecule has 0 saturated carbocycles. The maximum atomic E-state index is 13.8. The highest BCUT2D eigenvalue weighted by Gasteiger charge is 2.41. The van der Waals surface area contributed by atoms with Gasteiger partial charge in [-0.25, -0.2) is 8.42 Å². The van der Waals surface area contributed by atoms with E-state index in [0.717, 1.165) is 29.7 Å². The van der Waals surface area contributed by atoms with Crippen molar-refractivity contribution in [2.24, 2.45) is 0 Å². The lowest BCUT2D eigenvalue weighted by Crippen LogP contribution is -2.47. The first-order valence-corrected chi connectivity index (χ1v) is 17.5. The lowest BCUT2D eigenvalue weighted by molar-refractivity contribution is -0.123. The fourth-order valence-corrected chi connectivity index (χ4v) is 9.21. The van der Waals surface area contributed by atoms with Crippen molar-refractivity contribution in [3.8, 4) is 11.1 Å². The smallest absolute Gasteiger partial charge is 0.249 e. The number of hydrogen-bond donors (Lipinski definition) is 2. The van der Waals surface area contributed by atoms with Gasteiger partial charge in [-0.05, 0) is 52.8 Å². The molecule has 4 aromatic rings. The van der Waals surface area contributed by atoms with Gasteiger partial charge in [0.25, 0.3) is 0 Å². The van der Waals surface area contributed by atoms with Gasteiger partial charge in [0.05, 0.1) is 17.5 Å². The molecule has 2 heterocycles. The van der Waals surface area contributed by atoms with Crippen LogP contribution in [0.1, 0.15) is 29.2 Å². The van der Waals surface area contributed by atoms with E-state index in [9.17, 15) is 18.3 Å². The lowest BCUT2D eigenvalue weighted by atomic mass is 9.93. The summed E-state index contributed by atoms with van der Waals surface area (Å²) in [7, 11) is -3.89. The Morgan fingerprint density at radius 3 is 2.20 bits per heavy atom. The number of aliphatic hydroxyl groups is 1. The number of aliphatic hydroxyl groups excluding tert-OH is 1. The first-order chi connectivity index (χ1) is 21.4. The molecule has 4 aromatic carbocycles. The average Bonchev–Trinajstić information content (AvgIpc) is 3.58. The third-order valence-electron chi connectivity index (χ3n) is 8.54. The number of rotatable bonds is 10. The van der Waals surface area contributed by atoms with E-state index < -0.39 is 15.4 Å². The number of benzene rings is 4. The molecule has 7 nitrogen and oxygen atoms in total. The summed E-state index contributed by atoms with van der Waals surface area (Å²) in [5, 5.41) is 12.5. The summed E-state index contributed by atoms with van der Waals surface area (Å²) in [6.07, 6.45) is 1.41. The number of nitrogens with one attached hydrogen (secondary N) is 1. The first kappa shape index (κ1) is 30.6. The number of thioether (sulfide) groups is 1. The number of fused-ring (bicyclic) bond motifs is 1. The van der Waals surface area contributed by atoms with Gasteiger partial charge in [0.1, 0.15) is 5.37 Å². The second kappa shape index (κ2) is 13.7. The molecule has 1 saturated heterocycles. The van der Waals surface area contributed by atoms with Crippen LogP contribution in [-0.4, -0.2) is 65.5 Å². The Kier molecular flexibility index (Phi) is 9.49. The Balaban J connectivity index is 1.17. The highest BCUT2D eigenvalue weighted by Crippen LogP contribution is 2.32. The minimum absolute atomic E-state index is 0.0105. The van der Waals surface area contributed by atoms with Crippen LogP contribution in [-0.2, 0) is 27.8 Å². The minimum Gasteiger partial charge on any atom is -0.395 e. The lowest BCUT2D eigenvalue weighted by Gasteiger charge is -2.37. The quantitative estimate of drug-likeness (QED) is 0.255. The molecule has 0 aromatic heterocycles. The van der Waals surface area contributed by atoms with Crippen molar-refractivity contribution in [2.75, 3.05) is 25.4 Å². The summed E-state index contributed by atoms with van der Waals surface area (Å²) in [6, 6.07) is 34.5. The molecule has 3 atom stereocenters. The molecule has 2 aliphatic rings. The van der Waals surface area contributed by atoms with Crippen LogP contribution in [0.25, 0.3) is 11.1 Å². The van der Waals surface area contributed by atoms with Crippen molar-refractivity contribution >= 4 is 27.7 Å². The highest BCUT2D eigenvalue weighted by atomic mass is 32.2. The van der Waals surface area contributed by atoms with E-state index in [2.05, 4.69) is 22.3 Å². The maximum absolute atomic E-state index is 13.8. The Hall–Kier alpha value is -3.47. The van der Waals surface area contributed by atoms with Crippen LogP contribution >= 0.6 is 11.8 Å². The van der Waals surface area contributed by atoms with Gasteiger partial charge >= 0.3 is 0 Å². The molecule has 0 radical (unpaired) electrons. The van der Waals surface area contributed by atoms with Crippen molar-refractivity contribution in [3.63, 3.8) is 0 Å². The Labute approximate surface area is 264 Å². The number of carbonyl (C=O) groups excluding carboxylic acids is 1. The topological polar surface area (TPSA) is 90.0 Å². The van der Waals surface area contributed by atoms with E-state index in [1.165, 1.54) is 27.2 Å². The molecule has 228 valence electrons. The molecule has 2 unspecified atom stereocenters. The second-order valence-electron chi connectivity index (χ2n) is 11.3. The summed E-state index contributed by atoms with van der Waals surface area (Å²) >= 11 is 1.35. The standard InChI is InChI=1S/C35H37N3O4S2/c39-25-31-23-29-13-7-8-14-30(29)24-37(31)20-19-33(28-11-5-2-6-12-28)36-34(40)35-38(21-22-43-35)44(41,42)32-17-15-27(16-18-32)26-9-3-1-4-10-26/h1-18,31,33,35,39H,19-25H2,(H,36,40)/t31-,33?,35?/m1/s1. The van der Waals surface area contributed by atoms with E-state index in [1.807, 2.05) is 84.9 Å². The van der Waals surface area contributed by atoms with Gasteiger partial charge in [-0.1, -0.05) is 97.1 Å². The minimum atomic E-state index is -3.89. The number of carbonyl (C=O) groups is 1. The largest absolute Gasteiger partial charge is 0.395 e. The van der Waals surface area contributed by atoms with Gasteiger partial charge in [-0.15, -0.1) is 11.8 Å². The maximum Gasteiger partial charge on any atom is 0.249 e. The van der Waals surface area contributed by atoms with Crippen LogP contribution in [0.2, 0.25) is 0 Å². The third-order valence-corrected chi connectivity index (χ3v) is 11.8. The van der Waals surface area contributed by atoms with Crippen LogP contribution in [0, 0.1) is 0 Å². The number of amides is 1. The Morgan fingerprint density at radius 2 is 1.50 bits per heavy atom. The summed E-state index contributed by atoms with van der Waals surface area (Å²) in [4.78, 5) is 16.3. The zero-order valence-electron chi connectivity index (χ0n) is 24.5. The molecule has 1 amide bonds. The molecule has 9 heteroatoms. The predicted molar refractivity (Wildman–Crippen MR) is 175 cm³/mol. The van der Waals surface area contributed by atoms with Crippen LogP contribution in [0.5, 0.6) is 0 Å². The molecule has 2 aliphatic heterocycles. The zero-order valence-corrected chi connectivity index (χ0v) is 26.1. The van der Waals surface area contributed by atoms with Crippen LogP contribution in [0.3, 0.4) is 0 Å². The molecular formula is C35H37N3O4S2. The van der Waals surface area contributed by atoms with Crippen LogP contribution < -0.4 is 5.32 Å². The third kappa shape index (κ3) is 6.62. The Bertz CT molecular complexity index is 1670. The van der Waals surface area contributed by atoms with E-state index in [0.29, 0.717) is 18.7 Å². The SMILES string of the molecule is O=C(NC(CCN1Cc2ccccc2C[C@@H]1CO)c1ccccc1)C1SCCN1S(=O)(=O)c1ccc(-c2ccccc2)cc1. The van der Waals surface area contributed by atoms with Gasteiger partial charge < -0.3 is 10.4 Å². The van der Waals surface area contributed by atoms with Crippen molar-refractivity contribution in [1.82, 2.24) is 14.5 Å². The summed E-state index contributed by atoms with van der Waals surface area (Å²) in [5.41, 5.74) is 5.44. The highest BCUT2D eigenvalue weighted by molar-refractivity contribution is 8.02. The molecule has 2 N–H and O–H groups in total. The van der Waals surface area contributed by atoms with Gasteiger partial charge in [0.2, 0.25) is 15.9 Å². The molecular weight excluding hydrogens is 591 g/mol. The zero-order chi connectivity index (χ0) is 30.5. The molecule has 0 bridgehead atoms. The second-order valence-corrected chi connectivity index (χ2v) is 14.3. The van der Waals surface area contributed by atoms with Crippen molar-refractivity contribution in [2.45, 2.75) is 41.7 Å². The molecule has 0 aliphatic carbocycles. The Morgan fingerprint density at radius 1 is 0.864 bits per heavy atom. The predicted octanol–water partition coefficient (Wildman–Crippen LogP) is 5.08. The van der Waals surface area contributed by atoms with Crippen LogP contribution in [0.4, 0.5) is 0 Å². The number of hydrogen-bond acceptors (Lipinski definition) is 6. The van der Waals surface area contributed by atoms with Crippen LogP contribution in [0.15, 0.2) is 114 Å². The average molecular weight is 628 g/mol. The van der Waals surface area contributed by atoms with Gasteiger partial charge in [-0.3, -0.25) is 9.69 Å². The molecule has 0 spiro atoms. The van der Waals surface area contributed by atoms with Crippen molar-refractivity contribution < 1.29 is 18.3 Å². The summed E-state index contributed by atoms with van der Waals surface area (Å²) in [6.45, 7) is 1.75. The number of nitrogens with zero attached hydrogens (tertiary/aromatic N) is 2. The van der Waals surface area contributed by atoms with E-state index in [1.54, 1.807) is 12.1 Å². The molecule has 1 fully saturated rings. The normalized spacial score (nSPS) is 19.8.